The Balaban J connectivity index is 1.77. The average molecular weight is 343 g/mol. The van der Waals surface area contributed by atoms with Gasteiger partial charge in [0, 0.05) is 29.5 Å². The molecule has 0 radical (unpaired) electrons. The lowest BCUT2D eigenvalue weighted by atomic mass is 10.2. The van der Waals surface area contributed by atoms with E-state index >= 15 is 0 Å². The molecule has 1 aromatic heterocycles. The largest absolute Gasteiger partial charge is 0.378 e. The third-order valence-electron chi connectivity index (χ3n) is 3.39. The van der Waals surface area contributed by atoms with Gasteiger partial charge in [0.1, 0.15) is 0 Å². The number of ether oxygens (including phenoxy) is 1. The first-order valence-corrected chi connectivity index (χ1v) is 8.40. The number of morpholine rings is 1. The highest BCUT2D eigenvalue weighted by Crippen LogP contribution is 2.31. The van der Waals surface area contributed by atoms with E-state index in [1.54, 1.807) is 11.3 Å². The molecular formula is C15H16Cl2N2OS. The Bertz CT molecular complexity index is 611. The quantitative estimate of drug-likeness (QED) is 0.884. The van der Waals surface area contributed by atoms with Crippen molar-refractivity contribution < 1.29 is 4.74 Å². The molecule has 1 saturated heterocycles. The molecule has 0 unspecified atom stereocenters. The van der Waals surface area contributed by atoms with Gasteiger partial charge in [-0.2, -0.15) is 0 Å². The summed E-state index contributed by atoms with van der Waals surface area (Å²) in [7, 11) is 0. The first-order chi connectivity index (χ1) is 10.2. The van der Waals surface area contributed by atoms with E-state index in [0.29, 0.717) is 0 Å². The van der Waals surface area contributed by atoms with E-state index in [1.165, 1.54) is 10.6 Å². The molecule has 2 aromatic rings. The lowest BCUT2D eigenvalue weighted by Gasteiger charge is -2.30. The lowest BCUT2D eigenvalue weighted by Crippen LogP contribution is -2.36. The van der Waals surface area contributed by atoms with Crippen LogP contribution in [0.2, 0.25) is 9.36 Å². The Kier molecular flexibility index (Phi) is 4.91. The van der Waals surface area contributed by atoms with Gasteiger partial charge in [-0.25, -0.2) is 0 Å². The van der Waals surface area contributed by atoms with Crippen LogP contribution < -0.4 is 10.2 Å². The molecule has 0 spiro atoms. The number of nitrogens with zero attached hydrogens (tertiary/aromatic N) is 1. The van der Waals surface area contributed by atoms with Crippen LogP contribution in [-0.2, 0) is 11.3 Å². The molecule has 1 aliphatic rings. The van der Waals surface area contributed by atoms with E-state index < -0.39 is 0 Å². The summed E-state index contributed by atoms with van der Waals surface area (Å²) >= 11 is 13.7. The molecule has 2 heterocycles. The standard InChI is InChI=1S/C15H16Cl2N2OS/c16-11-1-3-14(19-5-7-20-8-6-19)13(9-11)18-10-12-2-4-15(17)21-12/h1-4,9,18H,5-8,10H2. The number of anilines is 2. The maximum Gasteiger partial charge on any atom is 0.0931 e. The molecule has 1 N–H and O–H groups in total. The molecule has 112 valence electrons. The monoisotopic (exact) mass is 342 g/mol. The van der Waals surface area contributed by atoms with E-state index in [1.807, 2.05) is 24.3 Å². The Morgan fingerprint density at radius 1 is 1.14 bits per heavy atom. The average Bonchev–Trinajstić information content (AvgIpc) is 2.92. The summed E-state index contributed by atoms with van der Waals surface area (Å²) in [6.07, 6.45) is 0. The van der Waals surface area contributed by atoms with Crippen LogP contribution >= 0.6 is 34.5 Å². The molecule has 21 heavy (non-hydrogen) atoms. The number of hydrogen-bond donors (Lipinski definition) is 1. The fourth-order valence-electron chi connectivity index (χ4n) is 2.36. The highest BCUT2D eigenvalue weighted by molar-refractivity contribution is 7.16. The Hall–Kier alpha value is -0.940. The van der Waals surface area contributed by atoms with Gasteiger partial charge in [0.25, 0.3) is 0 Å². The first-order valence-electron chi connectivity index (χ1n) is 6.83. The Labute approximate surface area is 138 Å². The highest BCUT2D eigenvalue weighted by atomic mass is 35.5. The summed E-state index contributed by atoms with van der Waals surface area (Å²) in [5.74, 6) is 0. The van der Waals surface area contributed by atoms with E-state index in [4.69, 9.17) is 27.9 Å². The molecule has 0 aliphatic carbocycles. The first kappa shape index (κ1) is 15.0. The summed E-state index contributed by atoms with van der Waals surface area (Å²) < 4.78 is 6.23. The van der Waals surface area contributed by atoms with Crippen molar-refractivity contribution in [2.45, 2.75) is 6.54 Å². The summed E-state index contributed by atoms with van der Waals surface area (Å²) in [5, 5.41) is 4.20. The van der Waals surface area contributed by atoms with Crippen LogP contribution in [-0.4, -0.2) is 26.3 Å². The predicted molar refractivity (Wildman–Crippen MR) is 91.1 cm³/mol. The predicted octanol–water partition coefficient (Wildman–Crippen LogP) is 4.50. The molecule has 0 amide bonds. The Morgan fingerprint density at radius 3 is 2.67 bits per heavy atom. The summed E-state index contributed by atoms with van der Waals surface area (Å²) in [4.78, 5) is 3.52. The van der Waals surface area contributed by atoms with Gasteiger partial charge in [0.05, 0.1) is 28.9 Å². The van der Waals surface area contributed by atoms with Crippen molar-refractivity contribution >= 4 is 45.9 Å². The van der Waals surface area contributed by atoms with Crippen LogP contribution in [0.1, 0.15) is 4.88 Å². The van der Waals surface area contributed by atoms with Crippen molar-refractivity contribution in [2.75, 3.05) is 36.5 Å². The molecule has 3 rings (SSSR count). The zero-order chi connectivity index (χ0) is 14.7. The maximum atomic E-state index is 6.14. The van der Waals surface area contributed by atoms with Gasteiger partial charge in [-0.1, -0.05) is 23.2 Å². The van der Waals surface area contributed by atoms with Gasteiger partial charge in [-0.05, 0) is 30.3 Å². The van der Waals surface area contributed by atoms with Crippen LogP contribution in [0.25, 0.3) is 0 Å². The van der Waals surface area contributed by atoms with Crippen molar-refractivity contribution in [2.24, 2.45) is 0 Å². The van der Waals surface area contributed by atoms with Crippen molar-refractivity contribution in [1.29, 1.82) is 0 Å². The number of nitrogens with one attached hydrogen (secondary N) is 1. The second-order valence-corrected chi connectivity index (χ2v) is 7.06. The molecular weight excluding hydrogens is 327 g/mol. The molecule has 3 nitrogen and oxygen atoms in total. The normalized spacial score (nSPS) is 15.2. The van der Waals surface area contributed by atoms with Crippen LogP contribution in [0, 0.1) is 0 Å². The number of halogens is 2. The van der Waals surface area contributed by atoms with Gasteiger partial charge in [-0.15, -0.1) is 11.3 Å². The fraction of sp³-hybridized carbons (Fsp3) is 0.333. The minimum absolute atomic E-state index is 0.735. The third-order valence-corrected chi connectivity index (χ3v) is 4.86. The molecule has 0 bridgehead atoms. The van der Waals surface area contributed by atoms with Gasteiger partial charge in [0.15, 0.2) is 0 Å². The number of thiophene rings is 1. The van der Waals surface area contributed by atoms with E-state index in [0.717, 1.165) is 47.9 Å². The van der Waals surface area contributed by atoms with Crippen molar-refractivity contribution in [3.63, 3.8) is 0 Å². The van der Waals surface area contributed by atoms with E-state index in [2.05, 4.69) is 16.3 Å². The smallest absolute Gasteiger partial charge is 0.0931 e. The van der Waals surface area contributed by atoms with Gasteiger partial charge in [0.2, 0.25) is 0 Å². The zero-order valence-corrected chi connectivity index (χ0v) is 13.8. The lowest BCUT2D eigenvalue weighted by molar-refractivity contribution is 0.123. The zero-order valence-electron chi connectivity index (χ0n) is 11.4. The minimum atomic E-state index is 0.735. The number of rotatable bonds is 4. The minimum Gasteiger partial charge on any atom is -0.378 e. The molecule has 1 aromatic carbocycles. The second kappa shape index (κ2) is 6.88. The topological polar surface area (TPSA) is 24.5 Å². The molecule has 0 atom stereocenters. The summed E-state index contributed by atoms with van der Waals surface area (Å²) in [5.41, 5.74) is 2.22. The van der Waals surface area contributed by atoms with Crippen LogP contribution in [0.5, 0.6) is 0 Å². The number of benzene rings is 1. The molecule has 1 aliphatic heterocycles. The number of hydrogen-bond acceptors (Lipinski definition) is 4. The van der Waals surface area contributed by atoms with Gasteiger partial charge >= 0.3 is 0 Å². The molecule has 1 fully saturated rings. The molecule has 6 heteroatoms. The SMILES string of the molecule is Clc1ccc(N2CCOCC2)c(NCc2ccc(Cl)s2)c1. The Morgan fingerprint density at radius 2 is 1.95 bits per heavy atom. The van der Waals surface area contributed by atoms with Crippen LogP contribution in [0.3, 0.4) is 0 Å². The van der Waals surface area contributed by atoms with E-state index in [9.17, 15) is 0 Å². The van der Waals surface area contributed by atoms with E-state index in [-0.39, 0.29) is 0 Å². The van der Waals surface area contributed by atoms with Gasteiger partial charge < -0.3 is 15.0 Å². The molecule has 0 saturated carbocycles. The van der Waals surface area contributed by atoms with Crippen molar-refractivity contribution in [3.8, 4) is 0 Å². The van der Waals surface area contributed by atoms with Crippen LogP contribution in [0.4, 0.5) is 11.4 Å². The second-order valence-electron chi connectivity index (χ2n) is 4.82. The summed E-state index contributed by atoms with van der Waals surface area (Å²) in [6, 6.07) is 9.93. The fourth-order valence-corrected chi connectivity index (χ4v) is 3.56. The maximum absolute atomic E-state index is 6.14. The van der Waals surface area contributed by atoms with Crippen molar-refractivity contribution in [1.82, 2.24) is 0 Å². The summed E-state index contributed by atoms with van der Waals surface area (Å²) in [6.45, 7) is 4.09. The van der Waals surface area contributed by atoms with Crippen LogP contribution in [0.15, 0.2) is 30.3 Å². The van der Waals surface area contributed by atoms with Crippen molar-refractivity contribution in [3.05, 3.63) is 44.6 Å². The third kappa shape index (κ3) is 3.83. The highest BCUT2D eigenvalue weighted by Gasteiger charge is 2.15. The van der Waals surface area contributed by atoms with Gasteiger partial charge in [-0.3, -0.25) is 0 Å².